The second-order valence-corrected chi connectivity index (χ2v) is 8.99. The molecule has 3 heterocycles. The van der Waals surface area contributed by atoms with Gasteiger partial charge in [-0.25, -0.2) is 0 Å². The molecule has 1 aliphatic heterocycles. The Morgan fingerprint density at radius 3 is 2.64 bits per heavy atom. The van der Waals surface area contributed by atoms with Gasteiger partial charge in [-0.1, -0.05) is 36.0 Å². The molecule has 0 bridgehead atoms. The molecule has 0 atom stereocenters. The molecule has 4 aromatic rings. The maximum Gasteiger partial charge on any atom is 0.231 e. The van der Waals surface area contributed by atoms with E-state index in [1.54, 1.807) is 0 Å². The minimum Gasteiger partial charge on any atom is -0.454 e. The van der Waals surface area contributed by atoms with Gasteiger partial charge in [0, 0.05) is 41.3 Å². The van der Waals surface area contributed by atoms with Crippen LogP contribution in [0.3, 0.4) is 0 Å². The number of Topliss-reactive ketones (excluding diaryl/α,β-unsaturated/α-hetero) is 1. The monoisotopic (exact) mass is 460 g/mol. The highest BCUT2D eigenvalue weighted by atomic mass is 32.2. The van der Waals surface area contributed by atoms with Crippen LogP contribution in [0.15, 0.2) is 53.7 Å². The highest BCUT2D eigenvalue weighted by Gasteiger charge is 2.21. The lowest BCUT2D eigenvalue weighted by Gasteiger charge is -2.10. The maximum absolute atomic E-state index is 13.1. The third-order valence-corrected chi connectivity index (χ3v) is 6.92. The average Bonchev–Trinajstić information content (AvgIpc) is 3.49. The fourth-order valence-electron chi connectivity index (χ4n) is 4.17. The third kappa shape index (κ3) is 3.80. The van der Waals surface area contributed by atoms with Crippen LogP contribution in [0.4, 0.5) is 0 Å². The highest BCUT2D eigenvalue weighted by molar-refractivity contribution is 7.99. The quantitative estimate of drug-likeness (QED) is 0.301. The van der Waals surface area contributed by atoms with Crippen molar-refractivity contribution in [2.24, 2.45) is 7.05 Å². The van der Waals surface area contributed by atoms with Crippen LogP contribution in [0.25, 0.3) is 17.1 Å². The first kappa shape index (κ1) is 21.3. The second-order valence-electron chi connectivity index (χ2n) is 8.05. The van der Waals surface area contributed by atoms with Crippen LogP contribution in [0, 0.1) is 20.8 Å². The molecule has 0 fully saturated rings. The van der Waals surface area contributed by atoms with E-state index < -0.39 is 0 Å². The normalized spacial score (nSPS) is 12.4. The zero-order valence-electron chi connectivity index (χ0n) is 19.0. The molecule has 2 aromatic heterocycles. The molecule has 8 heteroatoms. The summed E-state index contributed by atoms with van der Waals surface area (Å²) in [5, 5.41) is 9.39. The summed E-state index contributed by atoms with van der Waals surface area (Å²) in [4.78, 5) is 13.1. The van der Waals surface area contributed by atoms with E-state index in [4.69, 9.17) is 9.47 Å². The summed E-state index contributed by atoms with van der Waals surface area (Å²) in [5.41, 5.74) is 5.71. The lowest BCUT2D eigenvalue weighted by atomic mass is 10.1. The number of hydrogen-bond acceptors (Lipinski definition) is 6. The van der Waals surface area contributed by atoms with Crippen molar-refractivity contribution < 1.29 is 14.3 Å². The van der Waals surface area contributed by atoms with Gasteiger partial charge in [-0.2, -0.15) is 0 Å². The van der Waals surface area contributed by atoms with Crippen molar-refractivity contribution in [2.75, 3.05) is 12.5 Å². The number of nitrogens with zero attached hydrogens (tertiary/aromatic N) is 4. The molecule has 0 aliphatic carbocycles. The van der Waals surface area contributed by atoms with Gasteiger partial charge in [0.2, 0.25) is 6.79 Å². The van der Waals surface area contributed by atoms with Crippen molar-refractivity contribution in [1.82, 2.24) is 19.3 Å². The van der Waals surface area contributed by atoms with Crippen molar-refractivity contribution in [2.45, 2.75) is 25.9 Å². The summed E-state index contributed by atoms with van der Waals surface area (Å²) in [6.45, 7) is 6.25. The molecule has 2 aromatic carbocycles. The number of benzene rings is 2. The topological polar surface area (TPSA) is 71.2 Å². The molecule has 0 radical (unpaired) electrons. The zero-order chi connectivity index (χ0) is 23.1. The summed E-state index contributed by atoms with van der Waals surface area (Å²) < 4.78 is 14.9. The van der Waals surface area contributed by atoms with Crippen molar-refractivity contribution in [3.05, 3.63) is 71.0 Å². The van der Waals surface area contributed by atoms with Gasteiger partial charge in [0.25, 0.3) is 0 Å². The number of carbonyl (C=O) groups excluding carboxylic acids is 1. The Kier molecular flexibility index (Phi) is 5.46. The molecule has 0 N–H and O–H groups in total. The number of carbonyl (C=O) groups is 1. The SMILES string of the molecule is Cc1ccccc1-c1nnc(SCC(=O)c2cc(C)n(-c3ccc4c(c3)OCO4)c2C)n1C. The molecular weight excluding hydrogens is 436 g/mol. The number of hydrogen-bond donors (Lipinski definition) is 0. The molecule has 168 valence electrons. The van der Waals surface area contributed by atoms with Crippen LogP contribution in [0.2, 0.25) is 0 Å². The first-order valence-corrected chi connectivity index (χ1v) is 11.6. The summed E-state index contributed by atoms with van der Waals surface area (Å²) in [6.07, 6.45) is 0. The van der Waals surface area contributed by atoms with Gasteiger partial charge in [-0.3, -0.25) is 4.79 Å². The van der Waals surface area contributed by atoms with E-state index in [9.17, 15) is 4.79 Å². The first-order valence-electron chi connectivity index (χ1n) is 10.6. The maximum atomic E-state index is 13.1. The largest absolute Gasteiger partial charge is 0.454 e. The number of aryl methyl sites for hydroxylation is 2. The Morgan fingerprint density at radius 2 is 1.82 bits per heavy atom. The molecule has 5 rings (SSSR count). The summed E-state index contributed by atoms with van der Waals surface area (Å²) >= 11 is 1.40. The lowest BCUT2D eigenvalue weighted by molar-refractivity contribution is 0.102. The molecule has 0 amide bonds. The number of ether oxygens (including phenoxy) is 2. The van der Waals surface area contributed by atoms with Crippen LogP contribution in [-0.4, -0.2) is 37.7 Å². The number of ketones is 1. The standard InChI is InChI=1S/C25H24N4O3S/c1-15-7-5-6-8-19(15)24-26-27-25(28(24)4)33-13-21(30)20-11-16(2)29(17(20)3)18-9-10-22-23(12-18)32-14-31-22/h5-12H,13-14H2,1-4H3. The Bertz CT molecular complexity index is 1370. The highest BCUT2D eigenvalue weighted by Crippen LogP contribution is 2.35. The second kappa shape index (κ2) is 8.44. The minimum atomic E-state index is 0.0561. The van der Waals surface area contributed by atoms with Crippen LogP contribution in [0.1, 0.15) is 27.3 Å². The van der Waals surface area contributed by atoms with E-state index >= 15 is 0 Å². The van der Waals surface area contributed by atoms with E-state index in [1.807, 2.05) is 67.9 Å². The van der Waals surface area contributed by atoms with Crippen LogP contribution in [-0.2, 0) is 7.05 Å². The van der Waals surface area contributed by atoms with E-state index in [0.717, 1.165) is 45.5 Å². The van der Waals surface area contributed by atoms with Gasteiger partial charge in [-0.05, 0) is 44.5 Å². The van der Waals surface area contributed by atoms with Gasteiger partial charge in [0.15, 0.2) is 28.3 Å². The van der Waals surface area contributed by atoms with E-state index in [0.29, 0.717) is 10.7 Å². The van der Waals surface area contributed by atoms with Crippen molar-refractivity contribution in [3.8, 4) is 28.6 Å². The Hall–Kier alpha value is -3.52. The van der Waals surface area contributed by atoms with Gasteiger partial charge in [0.1, 0.15) is 0 Å². The van der Waals surface area contributed by atoms with Crippen molar-refractivity contribution >= 4 is 17.5 Å². The number of fused-ring (bicyclic) bond motifs is 1. The molecular formula is C25H24N4O3S. The van der Waals surface area contributed by atoms with E-state index in [2.05, 4.69) is 27.8 Å². The van der Waals surface area contributed by atoms with Crippen LogP contribution >= 0.6 is 11.8 Å². The van der Waals surface area contributed by atoms with Crippen molar-refractivity contribution in [3.63, 3.8) is 0 Å². The Labute approximate surface area is 196 Å². The van der Waals surface area contributed by atoms with Crippen molar-refractivity contribution in [1.29, 1.82) is 0 Å². The van der Waals surface area contributed by atoms with Gasteiger partial charge in [0.05, 0.1) is 5.75 Å². The fraction of sp³-hybridized carbons (Fsp3) is 0.240. The molecule has 7 nitrogen and oxygen atoms in total. The first-order chi connectivity index (χ1) is 15.9. The summed E-state index contributed by atoms with van der Waals surface area (Å²) in [5.74, 6) is 2.59. The molecule has 33 heavy (non-hydrogen) atoms. The van der Waals surface area contributed by atoms with E-state index in [-0.39, 0.29) is 18.3 Å². The molecule has 0 saturated heterocycles. The zero-order valence-corrected chi connectivity index (χ0v) is 19.8. The predicted molar refractivity (Wildman–Crippen MR) is 128 cm³/mol. The average molecular weight is 461 g/mol. The number of rotatable bonds is 6. The molecule has 0 spiro atoms. The fourth-order valence-corrected chi connectivity index (χ4v) is 4.97. The predicted octanol–water partition coefficient (Wildman–Crippen LogP) is 4.90. The molecule has 1 aliphatic rings. The Morgan fingerprint density at radius 1 is 1.03 bits per heavy atom. The summed E-state index contributed by atoms with van der Waals surface area (Å²) in [6, 6.07) is 15.8. The summed E-state index contributed by atoms with van der Waals surface area (Å²) in [7, 11) is 1.93. The minimum absolute atomic E-state index is 0.0561. The molecule has 0 unspecified atom stereocenters. The smallest absolute Gasteiger partial charge is 0.231 e. The van der Waals surface area contributed by atoms with E-state index in [1.165, 1.54) is 11.8 Å². The van der Waals surface area contributed by atoms with Gasteiger partial charge < -0.3 is 18.6 Å². The number of thioether (sulfide) groups is 1. The van der Waals surface area contributed by atoms with Gasteiger partial charge >= 0.3 is 0 Å². The third-order valence-electron chi connectivity index (χ3n) is 5.90. The van der Waals surface area contributed by atoms with Gasteiger partial charge in [-0.15, -0.1) is 10.2 Å². The van der Waals surface area contributed by atoms with Crippen LogP contribution < -0.4 is 9.47 Å². The lowest BCUT2D eigenvalue weighted by Crippen LogP contribution is -2.06. The Balaban J connectivity index is 1.35. The van der Waals surface area contributed by atoms with Crippen LogP contribution in [0.5, 0.6) is 11.5 Å². The number of aromatic nitrogens is 4. The molecule has 0 saturated carbocycles.